The highest BCUT2D eigenvalue weighted by Crippen LogP contribution is 2.34. The van der Waals surface area contributed by atoms with E-state index < -0.39 is 0 Å². The highest BCUT2D eigenvalue weighted by molar-refractivity contribution is 5.85. The molecule has 1 aliphatic carbocycles. The number of hydrogen-bond acceptors (Lipinski definition) is 7. The Morgan fingerprint density at radius 1 is 1.11 bits per heavy atom. The quantitative estimate of drug-likeness (QED) is 0.804. The maximum Gasteiger partial charge on any atom is 0.240 e. The van der Waals surface area contributed by atoms with Crippen LogP contribution >= 0.6 is 12.4 Å². The highest BCUT2D eigenvalue weighted by atomic mass is 35.5. The molecular weight excluding hydrogens is 368 g/mol. The van der Waals surface area contributed by atoms with Crippen molar-refractivity contribution in [1.29, 1.82) is 0 Å². The van der Waals surface area contributed by atoms with Gasteiger partial charge in [-0.25, -0.2) is 0 Å². The van der Waals surface area contributed by atoms with Crippen molar-refractivity contribution < 1.29 is 14.0 Å². The molecule has 0 bridgehead atoms. The van der Waals surface area contributed by atoms with E-state index in [9.17, 15) is 0 Å². The summed E-state index contributed by atoms with van der Waals surface area (Å²) >= 11 is 0. The van der Waals surface area contributed by atoms with Gasteiger partial charge in [-0.3, -0.25) is 4.90 Å². The largest absolute Gasteiger partial charge is 0.454 e. The Morgan fingerprint density at radius 3 is 2.63 bits per heavy atom. The molecule has 27 heavy (non-hydrogen) atoms. The van der Waals surface area contributed by atoms with Gasteiger partial charge in [0.25, 0.3) is 0 Å². The van der Waals surface area contributed by atoms with Crippen molar-refractivity contribution in [2.24, 2.45) is 11.7 Å². The molecule has 7 nitrogen and oxygen atoms in total. The summed E-state index contributed by atoms with van der Waals surface area (Å²) < 4.78 is 16.1. The van der Waals surface area contributed by atoms with Crippen molar-refractivity contribution >= 4 is 12.4 Å². The lowest BCUT2D eigenvalue weighted by Crippen LogP contribution is -2.37. The molecular formula is C19H27ClN4O3. The number of halogens is 1. The topological polar surface area (TPSA) is 86.6 Å². The molecule has 1 saturated carbocycles. The molecule has 0 saturated heterocycles. The predicted molar refractivity (Wildman–Crippen MR) is 103 cm³/mol. The summed E-state index contributed by atoms with van der Waals surface area (Å²) in [4.78, 5) is 6.84. The minimum atomic E-state index is 0. The van der Waals surface area contributed by atoms with Crippen LogP contribution in [0.2, 0.25) is 0 Å². The van der Waals surface area contributed by atoms with E-state index in [1.54, 1.807) is 0 Å². The second-order valence-electron chi connectivity index (χ2n) is 7.31. The third kappa shape index (κ3) is 4.72. The Labute approximate surface area is 165 Å². The lowest BCUT2D eigenvalue weighted by molar-refractivity contribution is 0.121. The minimum Gasteiger partial charge on any atom is -0.454 e. The molecule has 8 heteroatoms. The molecule has 2 N–H and O–H groups in total. The molecule has 1 aliphatic heterocycles. The second-order valence-corrected chi connectivity index (χ2v) is 7.31. The molecule has 2 aliphatic rings. The van der Waals surface area contributed by atoms with Crippen LogP contribution in [0.1, 0.15) is 49.9 Å². The average Bonchev–Trinajstić information content (AvgIpc) is 3.30. The number of nitrogens with zero attached hydrogens (tertiary/aromatic N) is 3. The summed E-state index contributed by atoms with van der Waals surface area (Å²) in [5, 5.41) is 4.08. The van der Waals surface area contributed by atoms with Crippen LogP contribution in [-0.4, -0.2) is 27.9 Å². The monoisotopic (exact) mass is 394 g/mol. The number of fused-ring (bicyclic) bond motifs is 1. The van der Waals surface area contributed by atoms with Gasteiger partial charge in [0.05, 0.1) is 13.1 Å². The van der Waals surface area contributed by atoms with Crippen LogP contribution in [0.5, 0.6) is 11.5 Å². The fourth-order valence-corrected chi connectivity index (χ4v) is 3.81. The van der Waals surface area contributed by atoms with E-state index in [0.717, 1.165) is 24.0 Å². The lowest BCUT2D eigenvalue weighted by Gasteiger charge is -2.35. The number of hydrogen-bond donors (Lipinski definition) is 1. The summed E-state index contributed by atoms with van der Waals surface area (Å²) in [6.07, 6.45) is 4.94. The smallest absolute Gasteiger partial charge is 0.240 e. The van der Waals surface area contributed by atoms with E-state index in [4.69, 9.17) is 19.7 Å². The molecule has 1 fully saturated rings. The molecule has 0 atom stereocenters. The van der Waals surface area contributed by atoms with Gasteiger partial charge in [-0.05, 0) is 49.3 Å². The molecule has 1 aromatic carbocycles. The fraction of sp³-hybridized carbons (Fsp3) is 0.579. The number of nitrogens with two attached hydrogens (primary N) is 1. The van der Waals surface area contributed by atoms with Gasteiger partial charge in [0.15, 0.2) is 17.3 Å². The van der Waals surface area contributed by atoms with Gasteiger partial charge in [0.2, 0.25) is 12.7 Å². The SMILES string of the molecule is CC1CCC(N(Cc2ccc3c(c2)OCO3)Cc2noc(CN)n2)CC1.Cl. The lowest BCUT2D eigenvalue weighted by atomic mass is 9.86. The summed E-state index contributed by atoms with van der Waals surface area (Å²) in [7, 11) is 0. The number of aromatic nitrogens is 2. The zero-order chi connectivity index (χ0) is 17.9. The van der Waals surface area contributed by atoms with E-state index in [-0.39, 0.29) is 19.0 Å². The third-order valence-corrected chi connectivity index (χ3v) is 5.35. The molecule has 1 aromatic heterocycles. The molecule has 2 heterocycles. The molecule has 4 rings (SSSR count). The Kier molecular flexibility index (Phi) is 6.57. The highest BCUT2D eigenvalue weighted by Gasteiger charge is 2.26. The standard InChI is InChI=1S/C19H26N4O3.ClH/c1-13-2-5-15(6-3-13)23(11-18-21-19(9-20)26-22-18)10-14-4-7-16-17(8-14)25-12-24-16;/h4,7-8,13,15H,2-3,5-6,9-12,20H2,1H3;1H. The van der Waals surface area contributed by atoms with Gasteiger partial charge >= 0.3 is 0 Å². The maximum atomic E-state index is 5.59. The zero-order valence-electron chi connectivity index (χ0n) is 15.6. The van der Waals surface area contributed by atoms with Crippen molar-refractivity contribution in [1.82, 2.24) is 15.0 Å². The molecule has 0 unspecified atom stereocenters. The van der Waals surface area contributed by atoms with Gasteiger partial charge < -0.3 is 19.7 Å². The summed E-state index contributed by atoms with van der Waals surface area (Å²) in [5.74, 6) is 3.64. The van der Waals surface area contributed by atoms with E-state index in [1.807, 2.05) is 6.07 Å². The molecule has 0 radical (unpaired) electrons. The van der Waals surface area contributed by atoms with Gasteiger partial charge in [-0.15, -0.1) is 12.4 Å². The average molecular weight is 395 g/mol. The van der Waals surface area contributed by atoms with Crippen molar-refractivity contribution in [2.45, 2.75) is 58.3 Å². The van der Waals surface area contributed by atoms with Crippen LogP contribution in [0.15, 0.2) is 22.7 Å². The fourth-order valence-electron chi connectivity index (χ4n) is 3.81. The van der Waals surface area contributed by atoms with E-state index in [1.165, 1.54) is 31.2 Å². The molecule has 0 spiro atoms. The first-order valence-corrected chi connectivity index (χ1v) is 9.35. The molecule has 2 aromatic rings. The first kappa shape index (κ1) is 19.9. The van der Waals surface area contributed by atoms with Gasteiger partial charge in [-0.1, -0.05) is 18.1 Å². The summed E-state index contributed by atoms with van der Waals surface area (Å²) in [6, 6.07) is 6.69. The first-order valence-electron chi connectivity index (χ1n) is 9.35. The number of benzene rings is 1. The van der Waals surface area contributed by atoms with Crippen LogP contribution in [0, 0.1) is 5.92 Å². The number of ether oxygens (including phenoxy) is 2. The third-order valence-electron chi connectivity index (χ3n) is 5.35. The Morgan fingerprint density at radius 2 is 1.89 bits per heavy atom. The van der Waals surface area contributed by atoms with Crippen LogP contribution in [0.4, 0.5) is 0 Å². The van der Waals surface area contributed by atoms with Crippen LogP contribution in [0.3, 0.4) is 0 Å². The Bertz CT molecular complexity index is 746. The van der Waals surface area contributed by atoms with Gasteiger partial charge in [0, 0.05) is 12.6 Å². The second kappa shape index (κ2) is 8.91. The minimum absolute atomic E-state index is 0. The van der Waals surface area contributed by atoms with Crippen molar-refractivity contribution in [3.05, 3.63) is 35.5 Å². The van der Waals surface area contributed by atoms with Crippen molar-refractivity contribution in [3.63, 3.8) is 0 Å². The molecule has 148 valence electrons. The van der Waals surface area contributed by atoms with Crippen molar-refractivity contribution in [3.8, 4) is 11.5 Å². The van der Waals surface area contributed by atoms with E-state index in [0.29, 0.717) is 31.1 Å². The Balaban J connectivity index is 0.00000210. The normalized spacial score (nSPS) is 21.3. The van der Waals surface area contributed by atoms with E-state index >= 15 is 0 Å². The summed E-state index contributed by atoms with van der Waals surface area (Å²) in [5.41, 5.74) is 6.80. The Hall–Kier alpha value is -1.83. The zero-order valence-corrected chi connectivity index (χ0v) is 16.4. The van der Waals surface area contributed by atoms with Gasteiger partial charge in [-0.2, -0.15) is 4.98 Å². The maximum absolute atomic E-state index is 5.59. The van der Waals surface area contributed by atoms with Crippen molar-refractivity contribution in [2.75, 3.05) is 6.79 Å². The first-order chi connectivity index (χ1) is 12.7. The van der Waals surface area contributed by atoms with E-state index in [2.05, 4.69) is 34.1 Å². The predicted octanol–water partition coefficient (Wildman–Crippen LogP) is 3.26. The van der Waals surface area contributed by atoms with Crippen LogP contribution < -0.4 is 15.2 Å². The van der Waals surface area contributed by atoms with Crippen LogP contribution in [-0.2, 0) is 19.6 Å². The van der Waals surface area contributed by atoms with Gasteiger partial charge in [0.1, 0.15) is 0 Å². The summed E-state index contributed by atoms with van der Waals surface area (Å²) in [6.45, 7) is 4.40. The van der Waals surface area contributed by atoms with Crippen LogP contribution in [0.25, 0.3) is 0 Å². The number of rotatable bonds is 6. The molecule has 0 amide bonds.